The summed E-state index contributed by atoms with van der Waals surface area (Å²) in [4.78, 5) is 52.2. The molecular weight excluding hydrogens is 667 g/mol. The fraction of sp³-hybridized carbons (Fsp3) is 0.512. The maximum atomic E-state index is 13.1. The Balaban J connectivity index is 0.000000197. The van der Waals surface area contributed by atoms with Crippen molar-refractivity contribution in [3.05, 3.63) is 71.0 Å². The van der Waals surface area contributed by atoms with Crippen LogP contribution in [0.4, 0.5) is 0 Å². The molecule has 53 heavy (non-hydrogen) atoms. The van der Waals surface area contributed by atoms with Crippen LogP contribution >= 0.6 is 0 Å². The minimum atomic E-state index is -0.729. The Labute approximate surface area is 323 Å². The molecule has 0 aliphatic carbocycles. The molecule has 12 heteroatoms. The van der Waals surface area contributed by atoms with Gasteiger partial charge in [-0.2, -0.15) is 0 Å². The maximum absolute atomic E-state index is 13.1. The number of amides is 2. The van der Waals surface area contributed by atoms with Crippen LogP contribution in [0.5, 0.6) is 0 Å². The van der Waals surface area contributed by atoms with E-state index < -0.39 is 5.97 Å². The number of carboxylic acid groups (broad SMARTS) is 1. The number of likely N-dealkylation sites (tertiary alicyclic amines) is 2. The van der Waals surface area contributed by atoms with Crippen LogP contribution in [0, 0.1) is 11.8 Å². The van der Waals surface area contributed by atoms with Crippen molar-refractivity contribution in [1.29, 1.82) is 0 Å². The summed E-state index contributed by atoms with van der Waals surface area (Å²) >= 11 is 0. The summed E-state index contributed by atoms with van der Waals surface area (Å²) in [6.45, 7) is 4.99. The number of piperidine rings is 2. The van der Waals surface area contributed by atoms with Gasteiger partial charge in [0, 0.05) is 75.3 Å². The molecule has 0 spiro atoms. The van der Waals surface area contributed by atoms with E-state index in [0.29, 0.717) is 18.3 Å². The average molecular weight is 719 g/mol. The molecule has 2 aromatic carbocycles. The van der Waals surface area contributed by atoms with E-state index in [4.69, 9.17) is 9.84 Å². The number of hydrogen-bond acceptors (Lipinski definition) is 6. The van der Waals surface area contributed by atoms with Crippen LogP contribution in [0.25, 0.3) is 21.8 Å². The van der Waals surface area contributed by atoms with Crippen molar-refractivity contribution in [3.63, 3.8) is 0 Å². The minimum absolute atomic E-state index is 0. The molecular formula is C41H51LiN4O7. The Bertz CT molecular complexity index is 1930. The van der Waals surface area contributed by atoms with E-state index in [2.05, 4.69) is 51.7 Å². The molecule has 2 saturated heterocycles. The fourth-order valence-corrected chi connectivity index (χ4v) is 8.79. The van der Waals surface area contributed by atoms with Crippen LogP contribution in [0.1, 0.15) is 96.1 Å². The maximum Gasteiger partial charge on any atom is 1.00 e. The second kappa shape index (κ2) is 17.9. The molecule has 278 valence electrons. The summed E-state index contributed by atoms with van der Waals surface area (Å²) in [7, 11) is 1.43. The van der Waals surface area contributed by atoms with Gasteiger partial charge >= 0.3 is 30.8 Å². The Morgan fingerprint density at radius 1 is 0.679 bits per heavy atom. The summed E-state index contributed by atoms with van der Waals surface area (Å²) < 4.78 is 9.21. The second-order valence-corrected chi connectivity index (χ2v) is 14.8. The molecule has 2 aromatic heterocycles. The Hall–Kier alpha value is -4.04. The van der Waals surface area contributed by atoms with Crippen molar-refractivity contribution in [2.75, 3.05) is 33.3 Å². The number of esters is 1. The number of benzene rings is 2. The van der Waals surface area contributed by atoms with Crippen molar-refractivity contribution in [1.82, 2.24) is 18.9 Å². The Morgan fingerprint density at radius 3 is 1.53 bits per heavy atom. The number of aromatic nitrogens is 2. The predicted molar refractivity (Wildman–Crippen MR) is 198 cm³/mol. The number of rotatable bonds is 8. The van der Waals surface area contributed by atoms with E-state index in [-0.39, 0.29) is 48.5 Å². The largest absolute Gasteiger partial charge is 1.00 e. The topological polar surface area (TPSA) is 144 Å². The van der Waals surface area contributed by atoms with Crippen LogP contribution in [0.3, 0.4) is 0 Å². The van der Waals surface area contributed by atoms with Crippen molar-refractivity contribution < 1.29 is 53.4 Å². The first-order valence-electron chi connectivity index (χ1n) is 18.9. The van der Waals surface area contributed by atoms with E-state index in [1.165, 1.54) is 29.3 Å². The number of nitrogens with zero attached hydrogens (tertiary/aromatic N) is 4. The molecule has 4 aliphatic rings. The number of carbonyl (C=O) groups is 4. The second-order valence-electron chi connectivity index (χ2n) is 14.8. The van der Waals surface area contributed by atoms with E-state index in [1.807, 2.05) is 16.0 Å². The smallest absolute Gasteiger partial charge is 0.870 e. The molecule has 2 N–H and O–H groups in total. The number of carboxylic acids is 1. The van der Waals surface area contributed by atoms with E-state index >= 15 is 0 Å². The number of hydrogen-bond donors (Lipinski definition) is 1. The first-order chi connectivity index (χ1) is 24.8. The summed E-state index contributed by atoms with van der Waals surface area (Å²) in [5, 5.41) is 11.0. The van der Waals surface area contributed by atoms with Gasteiger partial charge in [0.05, 0.1) is 29.3 Å². The van der Waals surface area contributed by atoms with Crippen molar-refractivity contribution in [2.24, 2.45) is 11.8 Å². The van der Waals surface area contributed by atoms with Gasteiger partial charge in [-0.25, -0.2) is 0 Å². The molecule has 0 saturated carbocycles. The molecule has 0 radical (unpaired) electrons. The normalized spacial score (nSPS) is 17.0. The molecule has 0 atom stereocenters. The van der Waals surface area contributed by atoms with Crippen LogP contribution in [-0.2, 0) is 40.3 Å². The summed E-state index contributed by atoms with van der Waals surface area (Å²) in [6.07, 6.45) is 14.6. The Kier molecular flexibility index (Phi) is 13.5. The molecule has 4 aliphatic heterocycles. The summed E-state index contributed by atoms with van der Waals surface area (Å²) in [5.74, 6) is 0.340. The molecule has 11 nitrogen and oxygen atoms in total. The molecule has 0 bridgehead atoms. The Morgan fingerprint density at radius 2 is 1.11 bits per heavy atom. The van der Waals surface area contributed by atoms with Gasteiger partial charge in [0.25, 0.3) is 11.8 Å². The van der Waals surface area contributed by atoms with Gasteiger partial charge in [0.15, 0.2) is 0 Å². The van der Waals surface area contributed by atoms with Gasteiger partial charge in [-0.05, 0) is 87.2 Å². The number of carbonyl (C=O) groups excluding carboxylic acids is 3. The number of aliphatic carboxylic acids is 1. The third-order valence-electron chi connectivity index (χ3n) is 11.7. The third kappa shape index (κ3) is 8.69. The molecule has 4 aromatic rings. The summed E-state index contributed by atoms with van der Waals surface area (Å²) in [6, 6.07) is 12.6. The van der Waals surface area contributed by atoms with Gasteiger partial charge in [-0.3, -0.25) is 19.2 Å². The number of methoxy groups -OCH3 is 1. The SMILES string of the molecule is COC(=O)CCC1CCN(C(=O)c2cn3c4c(cccc24)CCC3)CC1.O=C(O)CCC1CCN(C(=O)c2cn3c4c(cccc24)CCC3)CC1.[Li+].[OH-]. The molecule has 2 fully saturated rings. The van der Waals surface area contributed by atoms with Crippen LogP contribution in [0.15, 0.2) is 48.8 Å². The molecule has 6 heterocycles. The van der Waals surface area contributed by atoms with Gasteiger partial charge in [-0.1, -0.05) is 36.4 Å². The monoisotopic (exact) mass is 718 g/mol. The molecule has 2 amide bonds. The average Bonchev–Trinajstić information content (AvgIpc) is 3.74. The predicted octanol–water partition coefficient (Wildman–Crippen LogP) is 3.52. The number of aryl methyl sites for hydroxylation is 4. The van der Waals surface area contributed by atoms with Crippen LogP contribution in [0.2, 0.25) is 0 Å². The number of ether oxygens (including phenoxy) is 1. The zero-order valence-electron chi connectivity index (χ0n) is 31.2. The third-order valence-corrected chi connectivity index (χ3v) is 11.7. The van der Waals surface area contributed by atoms with E-state index in [0.717, 1.165) is 125 Å². The quantitative estimate of drug-likeness (QED) is 0.217. The summed E-state index contributed by atoms with van der Waals surface area (Å²) in [5.41, 5.74) is 6.84. The van der Waals surface area contributed by atoms with Crippen LogP contribution in [-0.4, -0.2) is 86.6 Å². The van der Waals surface area contributed by atoms with Gasteiger partial charge < -0.3 is 34.3 Å². The first kappa shape index (κ1) is 40.1. The molecule has 0 unspecified atom stereocenters. The zero-order valence-corrected chi connectivity index (χ0v) is 31.2. The van der Waals surface area contributed by atoms with E-state index in [1.54, 1.807) is 0 Å². The molecule has 8 rings (SSSR count). The fourth-order valence-electron chi connectivity index (χ4n) is 8.79. The van der Waals surface area contributed by atoms with Crippen molar-refractivity contribution in [3.8, 4) is 0 Å². The number of para-hydroxylation sites is 2. The minimum Gasteiger partial charge on any atom is -0.870 e. The van der Waals surface area contributed by atoms with Crippen molar-refractivity contribution in [2.45, 2.75) is 90.1 Å². The van der Waals surface area contributed by atoms with Gasteiger partial charge in [-0.15, -0.1) is 0 Å². The van der Waals surface area contributed by atoms with E-state index in [9.17, 15) is 19.2 Å². The standard InChI is InChI=1S/C21H26N2O3.C20H24N2O3.Li.H2O/c1-26-19(24)8-7-15-9-12-22(13-10-15)21(25)18-14-23-11-3-5-16-4-2-6-17(18)20(16)23;23-18(24)7-6-14-8-11-21(12-9-14)20(25)17-13-22-10-2-4-15-3-1-5-16(17)19(15)22;;/h2,4,6,14-15H,3,5,7-13H2,1H3;1,3,5,13-14H,2,4,6-12H2,(H,23,24);;1H2/q;;+1;/p-1. The van der Waals surface area contributed by atoms with Crippen LogP contribution < -0.4 is 18.9 Å². The first-order valence-corrected chi connectivity index (χ1v) is 18.9. The zero-order chi connectivity index (χ0) is 35.5. The van der Waals surface area contributed by atoms with Gasteiger partial charge in [0.2, 0.25) is 0 Å². The van der Waals surface area contributed by atoms with Crippen molar-refractivity contribution >= 4 is 45.6 Å². The van der Waals surface area contributed by atoms with Gasteiger partial charge in [0.1, 0.15) is 0 Å².